The van der Waals surface area contributed by atoms with Gasteiger partial charge in [0.15, 0.2) is 0 Å². The van der Waals surface area contributed by atoms with Crippen molar-refractivity contribution in [3.8, 4) is 0 Å². The number of hydrogen-bond donors (Lipinski definition) is 3. The van der Waals surface area contributed by atoms with Gasteiger partial charge in [-0.3, -0.25) is 10.2 Å². The molecule has 23 heavy (non-hydrogen) atoms. The summed E-state index contributed by atoms with van der Waals surface area (Å²) in [5.41, 5.74) is 4.69. The molecule has 0 atom stereocenters. The van der Waals surface area contributed by atoms with Crippen molar-refractivity contribution < 1.29 is 14.3 Å². The molecular formula is C15H22BrN3O3S. The maximum atomic E-state index is 11.7. The Labute approximate surface area is 148 Å². The fourth-order valence-corrected chi connectivity index (χ4v) is 3.69. The zero-order valence-corrected chi connectivity index (χ0v) is 15.3. The molecule has 6 nitrogen and oxygen atoms in total. The number of nitrogens with one attached hydrogen (secondary N) is 3. The largest absolute Gasteiger partial charge is 0.378 e. The molecule has 0 aliphatic heterocycles. The van der Waals surface area contributed by atoms with E-state index in [0.29, 0.717) is 24.1 Å². The summed E-state index contributed by atoms with van der Waals surface area (Å²) < 4.78 is 6.64. The van der Waals surface area contributed by atoms with Crippen LogP contribution in [0.5, 0.6) is 0 Å². The van der Waals surface area contributed by atoms with Gasteiger partial charge in [0, 0.05) is 13.2 Å². The summed E-state index contributed by atoms with van der Waals surface area (Å²) in [6.45, 7) is 1.17. The van der Waals surface area contributed by atoms with Gasteiger partial charge < -0.3 is 10.1 Å². The zero-order valence-electron chi connectivity index (χ0n) is 12.9. The SMILES string of the molecule is O=C(NCCCOC1CCCCC1)NNC(=O)c1ccc(Br)s1. The number of ether oxygens (including phenoxy) is 1. The van der Waals surface area contributed by atoms with Gasteiger partial charge in [0.2, 0.25) is 0 Å². The minimum Gasteiger partial charge on any atom is -0.378 e. The van der Waals surface area contributed by atoms with Gasteiger partial charge in [-0.2, -0.15) is 0 Å². The Bertz CT molecular complexity index is 518. The number of rotatable bonds is 6. The van der Waals surface area contributed by atoms with Crippen LogP contribution in [0.3, 0.4) is 0 Å². The second-order valence-electron chi connectivity index (χ2n) is 5.42. The molecule has 8 heteroatoms. The number of carbonyl (C=O) groups is 2. The fraction of sp³-hybridized carbons (Fsp3) is 0.600. The van der Waals surface area contributed by atoms with E-state index in [4.69, 9.17) is 4.74 Å². The van der Waals surface area contributed by atoms with Crippen LogP contribution in [0.4, 0.5) is 4.79 Å². The predicted octanol–water partition coefficient (Wildman–Crippen LogP) is 3.19. The molecule has 128 valence electrons. The average molecular weight is 404 g/mol. The molecule has 0 radical (unpaired) electrons. The van der Waals surface area contributed by atoms with Crippen LogP contribution in [0, 0.1) is 0 Å². The Morgan fingerprint density at radius 3 is 2.70 bits per heavy atom. The van der Waals surface area contributed by atoms with Gasteiger partial charge in [-0.1, -0.05) is 19.3 Å². The Morgan fingerprint density at radius 2 is 2.00 bits per heavy atom. The van der Waals surface area contributed by atoms with Crippen LogP contribution >= 0.6 is 27.3 Å². The summed E-state index contributed by atoms with van der Waals surface area (Å²) in [7, 11) is 0. The first-order valence-electron chi connectivity index (χ1n) is 7.86. The molecule has 1 aliphatic carbocycles. The topological polar surface area (TPSA) is 79.5 Å². The van der Waals surface area contributed by atoms with Crippen molar-refractivity contribution in [2.45, 2.75) is 44.6 Å². The van der Waals surface area contributed by atoms with E-state index >= 15 is 0 Å². The van der Waals surface area contributed by atoms with Crippen molar-refractivity contribution >= 4 is 39.2 Å². The Kier molecular flexibility index (Phi) is 7.84. The highest BCUT2D eigenvalue weighted by Gasteiger charge is 2.13. The third-order valence-corrected chi connectivity index (χ3v) is 5.22. The number of halogens is 1. The minimum absolute atomic E-state index is 0.337. The van der Waals surface area contributed by atoms with E-state index in [1.54, 1.807) is 12.1 Å². The summed E-state index contributed by atoms with van der Waals surface area (Å²) in [6.07, 6.45) is 7.28. The van der Waals surface area contributed by atoms with Crippen LogP contribution in [0.15, 0.2) is 15.9 Å². The number of hydrogen-bond acceptors (Lipinski definition) is 4. The van der Waals surface area contributed by atoms with Crippen molar-refractivity contribution in [1.82, 2.24) is 16.2 Å². The van der Waals surface area contributed by atoms with Crippen molar-refractivity contribution in [1.29, 1.82) is 0 Å². The molecule has 0 saturated heterocycles. The van der Waals surface area contributed by atoms with Gasteiger partial charge in [0.1, 0.15) is 0 Å². The zero-order chi connectivity index (χ0) is 16.5. The van der Waals surface area contributed by atoms with Gasteiger partial charge in [0.05, 0.1) is 14.8 Å². The Morgan fingerprint density at radius 1 is 1.22 bits per heavy atom. The van der Waals surface area contributed by atoms with Crippen LogP contribution in [0.25, 0.3) is 0 Å². The van der Waals surface area contributed by atoms with Crippen molar-refractivity contribution in [2.24, 2.45) is 0 Å². The van der Waals surface area contributed by atoms with Crippen LogP contribution in [-0.2, 0) is 4.74 Å². The van der Waals surface area contributed by atoms with Gasteiger partial charge in [-0.25, -0.2) is 10.2 Å². The highest BCUT2D eigenvalue weighted by molar-refractivity contribution is 9.11. The normalized spacial score (nSPS) is 15.2. The second-order valence-corrected chi connectivity index (χ2v) is 7.89. The van der Waals surface area contributed by atoms with Crippen molar-refractivity contribution in [3.63, 3.8) is 0 Å². The number of hydrazine groups is 1. The molecule has 1 aromatic heterocycles. The third kappa shape index (κ3) is 6.88. The lowest BCUT2D eigenvalue weighted by atomic mass is 9.98. The molecular weight excluding hydrogens is 382 g/mol. The average Bonchev–Trinajstić information content (AvgIpc) is 3.00. The van der Waals surface area contributed by atoms with Crippen LogP contribution in [-0.4, -0.2) is 31.2 Å². The predicted molar refractivity (Wildman–Crippen MR) is 93.5 cm³/mol. The summed E-state index contributed by atoms with van der Waals surface area (Å²) >= 11 is 4.59. The molecule has 0 aromatic carbocycles. The molecule has 2 rings (SSSR count). The lowest BCUT2D eigenvalue weighted by Crippen LogP contribution is -2.47. The van der Waals surface area contributed by atoms with E-state index < -0.39 is 6.03 Å². The maximum absolute atomic E-state index is 11.7. The lowest BCUT2D eigenvalue weighted by Gasteiger charge is -2.21. The number of amides is 3. The molecule has 1 aromatic rings. The molecule has 1 heterocycles. The standard InChI is InChI=1S/C15H22BrN3O3S/c16-13-8-7-12(23-13)14(20)18-19-15(21)17-9-4-10-22-11-5-2-1-3-6-11/h7-8,11H,1-6,9-10H2,(H,18,20)(H2,17,19,21). The molecule has 1 aliphatic rings. The number of carbonyl (C=O) groups excluding carboxylic acids is 2. The van der Waals surface area contributed by atoms with Gasteiger partial charge in [-0.05, 0) is 47.3 Å². The third-order valence-electron chi connectivity index (χ3n) is 3.60. The Balaban J connectivity index is 1.50. The van der Waals surface area contributed by atoms with Crippen LogP contribution in [0.1, 0.15) is 48.2 Å². The fourth-order valence-electron chi connectivity index (χ4n) is 2.41. The van der Waals surface area contributed by atoms with E-state index in [2.05, 4.69) is 32.1 Å². The molecule has 1 fully saturated rings. The molecule has 0 unspecified atom stereocenters. The van der Waals surface area contributed by atoms with Crippen LogP contribution in [0.2, 0.25) is 0 Å². The van der Waals surface area contributed by atoms with Gasteiger partial charge >= 0.3 is 6.03 Å². The molecule has 3 amide bonds. The summed E-state index contributed by atoms with van der Waals surface area (Å²) in [6, 6.07) is 3.05. The lowest BCUT2D eigenvalue weighted by molar-refractivity contribution is 0.0275. The first-order chi connectivity index (χ1) is 11.1. The molecule has 0 bridgehead atoms. The van der Waals surface area contributed by atoms with Crippen LogP contribution < -0.4 is 16.2 Å². The van der Waals surface area contributed by atoms with E-state index in [-0.39, 0.29) is 5.91 Å². The number of thiophene rings is 1. The number of urea groups is 1. The molecule has 0 spiro atoms. The first-order valence-corrected chi connectivity index (χ1v) is 9.47. The highest BCUT2D eigenvalue weighted by atomic mass is 79.9. The van der Waals surface area contributed by atoms with E-state index in [0.717, 1.165) is 23.0 Å². The summed E-state index contributed by atoms with van der Waals surface area (Å²) in [5, 5.41) is 2.68. The second kappa shape index (κ2) is 9.89. The van der Waals surface area contributed by atoms with E-state index in [1.807, 2.05) is 0 Å². The first kappa shape index (κ1) is 18.2. The molecule has 1 saturated carbocycles. The van der Waals surface area contributed by atoms with Gasteiger partial charge in [-0.15, -0.1) is 11.3 Å². The summed E-state index contributed by atoms with van der Waals surface area (Å²) in [5.74, 6) is -0.337. The van der Waals surface area contributed by atoms with E-state index in [9.17, 15) is 9.59 Å². The maximum Gasteiger partial charge on any atom is 0.333 e. The smallest absolute Gasteiger partial charge is 0.333 e. The van der Waals surface area contributed by atoms with Gasteiger partial charge in [0.25, 0.3) is 5.91 Å². The summed E-state index contributed by atoms with van der Waals surface area (Å²) in [4.78, 5) is 23.8. The quantitative estimate of drug-likeness (QED) is 0.503. The highest BCUT2D eigenvalue weighted by Crippen LogP contribution is 2.21. The van der Waals surface area contributed by atoms with Crippen molar-refractivity contribution in [2.75, 3.05) is 13.2 Å². The van der Waals surface area contributed by atoms with Crippen molar-refractivity contribution in [3.05, 3.63) is 20.8 Å². The minimum atomic E-state index is -0.424. The monoisotopic (exact) mass is 403 g/mol. The molecule has 3 N–H and O–H groups in total. The Hall–Kier alpha value is -1.12. The van der Waals surface area contributed by atoms with E-state index in [1.165, 1.54) is 30.6 Å².